The lowest BCUT2D eigenvalue weighted by molar-refractivity contribution is 0.354. The van der Waals surface area contributed by atoms with Gasteiger partial charge in [-0.25, -0.2) is 8.42 Å². The molecule has 6 nitrogen and oxygen atoms in total. The highest BCUT2D eigenvalue weighted by Gasteiger charge is 2.27. The average Bonchev–Trinajstić information content (AvgIpc) is 2.85. The molecule has 16 heavy (non-hydrogen) atoms. The SMILES string of the molecule is CC(c1noc(C2CCNC2)n1)S(C)(=O)=O. The predicted octanol–water partition coefficient (Wildman–Crippen LogP) is 0.252. The third-order valence-electron chi connectivity index (χ3n) is 2.87. The molecular weight excluding hydrogens is 230 g/mol. The Kier molecular flexibility index (Phi) is 2.98. The summed E-state index contributed by atoms with van der Waals surface area (Å²) in [5.74, 6) is 1.01. The summed E-state index contributed by atoms with van der Waals surface area (Å²) in [5, 5.41) is 6.22. The Hall–Kier alpha value is -0.950. The van der Waals surface area contributed by atoms with Crippen LogP contribution in [0.4, 0.5) is 0 Å². The Morgan fingerprint density at radius 1 is 1.56 bits per heavy atom. The van der Waals surface area contributed by atoms with E-state index in [9.17, 15) is 8.42 Å². The van der Waals surface area contributed by atoms with E-state index in [1.807, 2.05) is 0 Å². The van der Waals surface area contributed by atoms with Gasteiger partial charge in [-0.3, -0.25) is 0 Å². The van der Waals surface area contributed by atoms with Gasteiger partial charge < -0.3 is 9.84 Å². The van der Waals surface area contributed by atoms with E-state index in [0.29, 0.717) is 5.89 Å². The molecule has 1 N–H and O–H groups in total. The summed E-state index contributed by atoms with van der Waals surface area (Å²) in [6.45, 7) is 3.32. The molecule has 0 spiro atoms. The molecule has 0 radical (unpaired) electrons. The van der Waals surface area contributed by atoms with Crippen molar-refractivity contribution < 1.29 is 12.9 Å². The zero-order valence-corrected chi connectivity index (χ0v) is 10.1. The van der Waals surface area contributed by atoms with Crippen molar-refractivity contribution in [1.82, 2.24) is 15.5 Å². The topological polar surface area (TPSA) is 85.1 Å². The lowest BCUT2D eigenvalue weighted by Crippen LogP contribution is -2.10. The van der Waals surface area contributed by atoms with E-state index in [0.717, 1.165) is 19.5 Å². The third kappa shape index (κ3) is 2.25. The molecule has 0 saturated carbocycles. The molecule has 2 rings (SSSR count). The van der Waals surface area contributed by atoms with Gasteiger partial charge in [0.05, 0.1) is 5.92 Å². The number of nitrogens with one attached hydrogen (secondary N) is 1. The van der Waals surface area contributed by atoms with Crippen molar-refractivity contribution in [3.8, 4) is 0 Å². The van der Waals surface area contributed by atoms with Gasteiger partial charge in [-0.1, -0.05) is 5.16 Å². The molecule has 1 aliphatic heterocycles. The van der Waals surface area contributed by atoms with Crippen LogP contribution in [0, 0.1) is 0 Å². The minimum atomic E-state index is -3.17. The van der Waals surface area contributed by atoms with Crippen molar-refractivity contribution in [2.24, 2.45) is 0 Å². The molecule has 1 aromatic rings. The zero-order valence-electron chi connectivity index (χ0n) is 9.30. The van der Waals surface area contributed by atoms with Crippen LogP contribution in [0.3, 0.4) is 0 Å². The van der Waals surface area contributed by atoms with Crippen molar-refractivity contribution in [2.45, 2.75) is 24.5 Å². The second kappa shape index (κ2) is 4.14. The van der Waals surface area contributed by atoms with E-state index < -0.39 is 15.1 Å². The number of hydrogen-bond donors (Lipinski definition) is 1. The highest BCUT2D eigenvalue weighted by Crippen LogP contribution is 2.24. The minimum absolute atomic E-state index is 0.216. The molecule has 7 heteroatoms. The fourth-order valence-corrected chi connectivity index (χ4v) is 2.11. The lowest BCUT2D eigenvalue weighted by Gasteiger charge is -2.02. The van der Waals surface area contributed by atoms with Crippen molar-refractivity contribution in [3.05, 3.63) is 11.7 Å². The molecule has 0 bridgehead atoms. The quantitative estimate of drug-likeness (QED) is 0.821. The van der Waals surface area contributed by atoms with E-state index >= 15 is 0 Å². The molecule has 2 heterocycles. The van der Waals surface area contributed by atoms with Crippen LogP contribution >= 0.6 is 0 Å². The molecular formula is C9H15N3O3S. The highest BCUT2D eigenvalue weighted by atomic mass is 32.2. The zero-order chi connectivity index (χ0) is 11.8. The Bertz CT molecular complexity index is 462. The van der Waals surface area contributed by atoms with E-state index in [4.69, 9.17) is 4.52 Å². The van der Waals surface area contributed by atoms with Crippen molar-refractivity contribution in [1.29, 1.82) is 0 Å². The monoisotopic (exact) mass is 245 g/mol. The number of hydrogen-bond acceptors (Lipinski definition) is 6. The van der Waals surface area contributed by atoms with Gasteiger partial charge in [-0.15, -0.1) is 0 Å². The number of nitrogens with zero attached hydrogens (tertiary/aromatic N) is 2. The Morgan fingerprint density at radius 2 is 2.31 bits per heavy atom. The second-order valence-electron chi connectivity index (χ2n) is 4.15. The van der Waals surface area contributed by atoms with Crippen LogP contribution in [0.1, 0.15) is 36.2 Å². The molecule has 2 atom stereocenters. The van der Waals surface area contributed by atoms with E-state index in [2.05, 4.69) is 15.5 Å². The van der Waals surface area contributed by atoms with Crippen molar-refractivity contribution >= 4 is 9.84 Å². The molecule has 2 unspecified atom stereocenters. The van der Waals surface area contributed by atoms with Crippen molar-refractivity contribution in [3.63, 3.8) is 0 Å². The van der Waals surface area contributed by atoms with Crippen LogP contribution in [-0.4, -0.2) is 37.9 Å². The summed E-state index contributed by atoms with van der Waals surface area (Å²) in [6, 6.07) is 0. The fraction of sp³-hybridized carbons (Fsp3) is 0.778. The van der Waals surface area contributed by atoms with Crippen LogP contribution in [-0.2, 0) is 9.84 Å². The van der Waals surface area contributed by atoms with Crippen LogP contribution in [0.15, 0.2) is 4.52 Å². The Balaban J connectivity index is 2.19. The number of rotatable bonds is 3. The first-order valence-corrected chi connectivity index (χ1v) is 7.17. The summed E-state index contributed by atoms with van der Waals surface area (Å²) in [7, 11) is -3.17. The highest BCUT2D eigenvalue weighted by molar-refractivity contribution is 7.90. The maximum absolute atomic E-state index is 11.3. The molecule has 1 aromatic heterocycles. The normalized spacial score (nSPS) is 23.5. The summed E-state index contributed by atoms with van der Waals surface area (Å²) in [4.78, 5) is 4.16. The molecule has 1 saturated heterocycles. The fourth-order valence-electron chi connectivity index (χ4n) is 1.64. The molecule has 1 aliphatic rings. The van der Waals surface area contributed by atoms with Gasteiger partial charge in [0.25, 0.3) is 0 Å². The predicted molar refractivity (Wildman–Crippen MR) is 57.8 cm³/mol. The van der Waals surface area contributed by atoms with Gasteiger partial charge in [-0.2, -0.15) is 4.98 Å². The molecule has 1 fully saturated rings. The van der Waals surface area contributed by atoms with Crippen LogP contribution in [0.25, 0.3) is 0 Å². The Morgan fingerprint density at radius 3 is 2.88 bits per heavy atom. The average molecular weight is 245 g/mol. The van der Waals surface area contributed by atoms with Crippen LogP contribution in [0.2, 0.25) is 0 Å². The summed E-state index contributed by atoms with van der Waals surface area (Å²) in [5.41, 5.74) is 0. The van der Waals surface area contributed by atoms with Gasteiger partial charge in [-0.05, 0) is 19.9 Å². The van der Waals surface area contributed by atoms with Gasteiger partial charge in [0.2, 0.25) is 5.89 Å². The first-order chi connectivity index (χ1) is 7.48. The summed E-state index contributed by atoms with van der Waals surface area (Å²) >= 11 is 0. The van der Waals surface area contributed by atoms with E-state index in [1.165, 1.54) is 6.26 Å². The third-order valence-corrected chi connectivity index (χ3v) is 4.37. The molecule has 0 aromatic carbocycles. The Labute approximate surface area is 94.3 Å². The van der Waals surface area contributed by atoms with Crippen molar-refractivity contribution in [2.75, 3.05) is 19.3 Å². The smallest absolute Gasteiger partial charge is 0.231 e. The van der Waals surface area contributed by atoms with Gasteiger partial charge >= 0.3 is 0 Å². The number of sulfone groups is 1. The van der Waals surface area contributed by atoms with E-state index in [1.54, 1.807) is 6.92 Å². The lowest BCUT2D eigenvalue weighted by atomic mass is 10.1. The summed E-state index contributed by atoms with van der Waals surface area (Å²) in [6.07, 6.45) is 2.12. The van der Waals surface area contributed by atoms with Gasteiger partial charge in [0, 0.05) is 12.8 Å². The largest absolute Gasteiger partial charge is 0.339 e. The maximum Gasteiger partial charge on any atom is 0.231 e. The molecule has 90 valence electrons. The van der Waals surface area contributed by atoms with Crippen LogP contribution < -0.4 is 5.32 Å². The first kappa shape index (κ1) is 11.5. The summed E-state index contributed by atoms with van der Waals surface area (Å²) < 4.78 is 27.8. The van der Waals surface area contributed by atoms with Crippen LogP contribution in [0.5, 0.6) is 0 Å². The van der Waals surface area contributed by atoms with Gasteiger partial charge in [0.15, 0.2) is 15.7 Å². The minimum Gasteiger partial charge on any atom is -0.339 e. The van der Waals surface area contributed by atoms with Gasteiger partial charge in [0.1, 0.15) is 5.25 Å². The molecule has 0 aliphatic carbocycles. The van der Waals surface area contributed by atoms with E-state index in [-0.39, 0.29) is 11.7 Å². The molecule has 0 amide bonds. The maximum atomic E-state index is 11.3. The second-order valence-corrected chi connectivity index (χ2v) is 6.52. The first-order valence-electron chi connectivity index (χ1n) is 5.21. The number of aromatic nitrogens is 2. The standard InChI is InChI=1S/C9H15N3O3S/c1-6(16(2,13)14)8-11-9(15-12-8)7-3-4-10-5-7/h6-7,10H,3-5H2,1-2H3.